The van der Waals surface area contributed by atoms with E-state index in [1.807, 2.05) is 34.9 Å². The van der Waals surface area contributed by atoms with Crippen LogP contribution in [0, 0.1) is 0 Å². The normalized spacial score (nSPS) is 12.3. The van der Waals surface area contributed by atoms with Gasteiger partial charge in [0.1, 0.15) is 18.6 Å². The van der Waals surface area contributed by atoms with Crippen molar-refractivity contribution in [2.24, 2.45) is 12.8 Å². The van der Waals surface area contributed by atoms with Gasteiger partial charge in [-0.1, -0.05) is 6.92 Å². The Morgan fingerprint density at radius 2 is 2.27 bits per heavy atom. The minimum absolute atomic E-state index is 0. The molecule has 0 radical (unpaired) electrons. The summed E-state index contributed by atoms with van der Waals surface area (Å²) in [7, 11) is 1.98. The standard InChI is InChI=1S/C7H14N3.BrH/c1-3-7(8)10-5-4-9(2)6-10;/h4-7H,3,8H2,1-2H3;1H/q+1;/p-1. The second kappa shape index (κ2) is 4.51. The third-order valence-corrected chi connectivity index (χ3v) is 1.59. The number of hydrogen-bond donors (Lipinski definition) is 1. The van der Waals surface area contributed by atoms with Gasteiger partial charge >= 0.3 is 0 Å². The summed E-state index contributed by atoms with van der Waals surface area (Å²) < 4.78 is 3.98. The Hall–Kier alpha value is -0.350. The predicted molar refractivity (Wildman–Crippen MR) is 39.1 cm³/mol. The van der Waals surface area contributed by atoms with Crippen LogP contribution in [0.3, 0.4) is 0 Å². The zero-order valence-electron chi connectivity index (χ0n) is 6.87. The van der Waals surface area contributed by atoms with Gasteiger partial charge in [0.25, 0.3) is 0 Å². The highest BCUT2D eigenvalue weighted by Gasteiger charge is 2.06. The van der Waals surface area contributed by atoms with Crippen molar-refractivity contribution in [1.82, 2.24) is 4.57 Å². The molecule has 1 atom stereocenters. The van der Waals surface area contributed by atoms with Gasteiger partial charge in [0.15, 0.2) is 0 Å². The van der Waals surface area contributed by atoms with E-state index in [4.69, 9.17) is 5.73 Å². The van der Waals surface area contributed by atoms with Crippen molar-refractivity contribution in [2.75, 3.05) is 0 Å². The van der Waals surface area contributed by atoms with Gasteiger partial charge in [-0.3, -0.25) is 5.73 Å². The lowest BCUT2D eigenvalue weighted by Crippen LogP contribution is -3.00. The van der Waals surface area contributed by atoms with E-state index in [1.165, 1.54) is 0 Å². The highest BCUT2D eigenvalue weighted by molar-refractivity contribution is 4.70. The van der Waals surface area contributed by atoms with Crippen molar-refractivity contribution >= 4 is 0 Å². The molecule has 11 heavy (non-hydrogen) atoms. The number of imidazole rings is 1. The molecular formula is C7H14BrN3. The highest BCUT2D eigenvalue weighted by atomic mass is 79.9. The fraction of sp³-hybridized carbons (Fsp3) is 0.571. The predicted octanol–water partition coefficient (Wildman–Crippen LogP) is -2.82. The number of aromatic nitrogens is 2. The molecule has 3 nitrogen and oxygen atoms in total. The van der Waals surface area contributed by atoms with Crippen LogP contribution in [-0.2, 0) is 7.05 Å². The van der Waals surface area contributed by atoms with E-state index in [9.17, 15) is 0 Å². The van der Waals surface area contributed by atoms with Gasteiger partial charge in [-0.25, -0.2) is 9.13 Å². The Bertz CT molecular complexity index is 209. The van der Waals surface area contributed by atoms with Gasteiger partial charge in [-0.15, -0.1) is 0 Å². The molecule has 0 aliphatic rings. The quantitative estimate of drug-likeness (QED) is 0.536. The zero-order valence-corrected chi connectivity index (χ0v) is 8.45. The first-order valence-corrected chi connectivity index (χ1v) is 3.52. The summed E-state index contributed by atoms with van der Waals surface area (Å²) >= 11 is 0. The van der Waals surface area contributed by atoms with Gasteiger partial charge in [0.2, 0.25) is 6.33 Å². The lowest BCUT2D eigenvalue weighted by atomic mass is 10.4. The van der Waals surface area contributed by atoms with E-state index in [2.05, 4.69) is 6.92 Å². The second-order valence-corrected chi connectivity index (χ2v) is 2.50. The molecule has 0 saturated heterocycles. The summed E-state index contributed by atoms with van der Waals surface area (Å²) in [5.41, 5.74) is 5.76. The average molecular weight is 220 g/mol. The van der Waals surface area contributed by atoms with Crippen LogP contribution in [0.4, 0.5) is 0 Å². The molecule has 2 N–H and O–H groups in total. The Morgan fingerprint density at radius 3 is 2.64 bits per heavy atom. The number of halogens is 1. The van der Waals surface area contributed by atoms with Gasteiger partial charge in [0.05, 0.1) is 7.05 Å². The molecule has 0 saturated carbocycles. The maximum atomic E-state index is 5.76. The lowest BCUT2D eigenvalue weighted by molar-refractivity contribution is -0.671. The van der Waals surface area contributed by atoms with E-state index < -0.39 is 0 Å². The largest absolute Gasteiger partial charge is 1.00 e. The SMILES string of the molecule is CCC(N)n1cc[n+](C)c1.[Br-]. The van der Waals surface area contributed by atoms with Gasteiger partial charge < -0.3 is 17.0 Å². The number of hydrogen-bond acceptors (Lipinski definition) is 1. The van der Waals surface area contributed by atoms with E-state index in [1.54, 1.807) is 0 Å². The number of nitrogens with zero attached hydrogens (tertiary/aromatic N) is 2. The lowest BCUT2D eigenvalue weighted by Gasteiger charge is -2.01. The van der Waals surface area contributed by atoms with Crippen molar-refractivity contribution < 1.29 is 21.5 Å². The van der Waals surface area contributed by atoms with E-state index >= 15 is 0 Å². The van der Waals surface area contributed by atoms with Gasteiger partial charge in [0, 0.05) is 0 Å². The summed E-state index contributed by atoms with van der Waals surface area (Å²) in [6.07, 6.45) is 7.04. The third-order valence-electron chi connectivity index (χ3n) is 1.59. The Kier molecular flexibility index (Phi) is 4.37. The molecule has 4 heteroatoms. The first kappa shape index (κ1) is 10.7. The number of rotatable bonds is 2. The van der Waals surface area contributed by atoms with Crippen LogP contribution in [0.5, 0.6) is 0 Å². The highest BCUT2D eigenvalue weighted by Crippen LogP contribution is 1.99. The van der Waals surface area contributed by atoms with E-state index in [-0.39, 0.29) is 23.1 Å². The first-order chi connectivity index (χ1) is 4.74. The summed E-state index contributed by atoms with van der Waals surface area (Å²) in [6.45, 7) is 2.07. The molecule has 0 aliphatic heterocycles. The monoisotopic (exact) mass is 219 g/mol. The molecule has 1 rings (SSSR count). The van der Waals surface area contributed by atoms with Crippen LogP contribution in [-0.4, -0.2) is 4.57 Å². The Labute approximate surface area is 77.6 Å². The molecule has 0 aromatic carbocycles. The van der Waals surface area contributed by atoms with Crippen molar-refractivity contribution in [3.05, 3.63) is 18.7 Å². The smallest absolute Gasteiger partial charge is 0.244 e. The molecule has 1 aromatic heterocycles. The first-order valence-electron chi connectivity index (χ1n) is 3.52. The van der Waals surface area contributed by atoms with Crippen LogP contribution < -0.4 is 27.3 Å². The van der Waals surface area contributed by atoms with E-state index in [0.717, 1.165) is 6.42 Å². The molecule has 0 spiro atoms. The molecule has 0 amide bonds. The van der Waals surface area contributed by atoms with Crippen LogP contribution >= 0.6 is 0 Å². The maximum absolute atomic E-state index is 5.76. The number of aryl methyl sites for hydroxylation is 1. The van der Waals surface area contributed by atoms with Crippen LogP contribution in [0.2, 0.25) is 0 Å². The molecular weight excluding hydrogens is 206 g/mol. The summed E-state index contributed by atoms with van der Waals surface area (Å²) in [5.74, 6) is 0. The van der Waals surface area contributed by atoms with Crippen LogP contribution in [0.1, 0.15) is 19.5 Å². The van der Waals surface area contributed by atoms with Crippen molar-refractivity contribution in [3.63, 3.8) is 0 Å². The summed E-state index contributed by atoms with van der Waals surface area (Å²) in [4.78, 5) is 0. The molecule has 1 heterocycles. The Morgan fingerprint density at radius 1 is 1.64 bits per heavy atom. The zero-order chi connectivity index (χ0) is 7.56. The van der Waals surface area contributed by atoms with Crippen molar-refractivity contribution in [3.8, 4) is 0 Å². The molecule has 0 fully saturated rings. The topological polar surface area (TPSA) is 34.8 Å². The minimum Gasteiger partial charge on any atom is -1.00 e. The average Bonchev–Trinajstić information content (AvgIpc) is 2.34. The third kappa shape index (κ3) is 2.63. The molecule has 0 bridgehead atoms. The summed E-state index contributed by atoms with van der Waals surface area (Å²) in [5, 5.41) is 0. The van der Waals surface area contributed by atoms with E-state index in [0.29, 0.717) is 0 Å². The Balaban J connectivity index is 0.000001000. The van der Waals surface area contributed by atoms with Crippen LogP contribution in [0.25, 0.3) is 0 Å². The molecule has 0 aliphatic carbocycles. The summed E-state index contributed by atoms with van der Waals surface area (Å²) in [6, 6.07) is 0. The maximum Gasteiger partial charge on any atom is 0.244 e. The number of nitrogens with two attached hydrogens (primary N) is 1. The van der Waals surface area contributed by atoms with Crippen LogP contribution in [0.15, 0.2) is 18.7 Å². The second-order valence-electron chi connectivity index (χ2n) is 2.50. The minimum atomic E-state index is 0. The molecule has 64 valence electrons. The fourth-order valence-electron chi connectivity index (χ4n) is 0.876. The van der Waals surface area contributed by atoms with Crippen molar-refractivity contribution in [2.45, 2.75) is 19.5 Å². The molecule has 1 aromatic rings. The van der Waals surface area contributed by atoms with Gasteiger partial charge in [-0.05, 0) is 6.42 Å². The molecule has 1 unspecified atom stereocenters. The fourth-order valence-corrected chi connectivity index (χ4v) is 0.876. The van der Waals surface area contributed by atoms with Gasteiger partial charge in [-0.2, -0.15) is 0 Å². The van der Waals surface area contributed by atoms with Crippen molar-refractivity contribution in [1.29, 1.82) is 0 Å².